The summed E-state index contributed by atoms with van der Waals surface area (Å²) in [7, 11) is 0. The monoisotopic (exact) mass is 399 g/mol. The van der Waals surface area contributed by atoms with Crippen molar-refractivity contribution in [3.8, 4) is 0 Å². The maximum absolute atomic E-state index is 5.48. The molecule has 3 fully saturated rings. The fourth-order valence-electron chi connectivity index (χ4n) is 4.41. The molecule has 6 heteroatoms. The third-order valence-electron chi connectivity index (χ3n) is 6.31. The highest BCUT2D eigenvalue weighted by atomic mass is 16.5. The van der Waals surface area contributed by atoms with E-state index in [2.05, 4.69) is 51.6 Å². The van der Waals surface area contributed by atoms with Gasteiger partial charge < -0.3 is 20.3 Å². The summed E-state index contributed by atoms with van der Waals surface area (Å²) in [6, 6.07) is 9.61. The Bertz CT molecular complexity index is 669. The van der Waals surface area contributed by atoms with Gasteiger partial charge in [0.2, 0.25) is 0 Å². The van der Waals surface area contributed by atoms with Crippen LogP contribution in [0.5, 0.6) is 0 Å². The number of rotatable bonds is 8. The Kier molecular flexibility index (Phi) is 7.41. The van der Waals surface area contributed by atoms with E-state index in [9.17, 15) is 0 Å². The Hall–Kier alpha value is -1.63. The topological polar surface area (TPSA) is 52.1 Å². The number of morpholine rings is 1. The van der Waals surface area contributed by atoms with Crippen LogP contribution in [0.15, 0.2) is 29.3 Å². The predicted molar refractivity (Wildman–Crippen MR) is 118 cm³/mol. The van der Waals surface area contributed by atoms with Crippen LogP contribution in [0.25, 0.3) is 0 Å². The lowest BCUT2D eigenvalue weighted by Crippen LogP contribution is -2.40. The van der Waals surface area contributed by atoms with Gasteiger partial charge >= 0.3 is 0 Å². The van der Waals surface area contributed by atoms with Crippen LogP contribution in [0.2, 0.25) is 0 Å². The molecule has 0 spiro atoms. The van der Waals surface area contributed by atoms with Crippen molar-refractivity contribution in [2.75, 3.05) is 52.5 Å². The first-order valence-electron chi connectivity index (χ1n) is 11.4. The molecular weight excluding hydrogens is 362 g/mol. The lowest BCUT2D eigenvalue weighted by atomic mass is 10.1. The molecule has 1 aromatic rings. The summed E-state index contributed by atoms with van der Waals surface area (Å²) < 4.78 is 5.48. The second-order valence-electron chi connectivity index (χ2n) is 8.61. The van der Waals surface area contributed by atoms with Crippen molar-refractivity contribution in [3.05, 3.63) is 35.4 Å². The number of guanidine groups is 1. The molecular formula is C23H37N5O. The van der Waals surface area contributed by atoms with E-state index in [1.54, 1.807) is 0 Å². The zero-order valence-electron chi connectivity index (χ0n) is 17.9. The van der Waals surface area contributed by atoms with Crippen molar-refractivity contribution in [2.45, 2.75) is 45.3 Å². The van der Waals surface area contributed by atoms with Crippen molar-refractivity contribution in [3.63, 3.8) is 0 Å². The molecule has 1 atom stereocenters. The number of aliphatic imine (C=N–C) groups is 1. The number of nitrogens with one attached hydrogen (secondary N) is 2. The zero-order valence-corrected chi connectivity index (χ0v) is 17.9. The summed E-state index contributed by atoms with van der Waals surface area (Å²) >= 11 is 0. The van der Waals surface area contributed by atoms with Crippen LogP contribution < -0.4 is 10.6 Å². The number of ether oxygens (including phenoxy) is 1. The molecule has 4 rings (SSSR count). The largest absolute Gasteiger partial charge is 0.379 e. The highest BCUT2D eigenvalue weighted by molar-refractivity contribution is 5.79. The third kappa shape index (κ3) is 6.17. The Morgan fingerprint density at radius 2 is 1.86 bits per heavy atom. The van der Waals surface area contributed by atoms with E-state index in [1.165, 1.54) is 43.5 Å². The normalized spacial score (nSPS) is 24.0. The van der Waals surface area contributed by atoms with Gasteiger partial charge in [-0.15, -0.1) is 0 Å². The van der Waals surface area contributed by atoms with Gasteiger partial charge in [0.1, 0.15) is 0 Å². The van der Waals surface area contributed by atoms with Crippen LogP contribution in [0.3, 0.4) is 0 Å². The molecule has 1 aromatic carbocycles. The summed E-state index contributed by atoms with van der Waals surface area (Å²) in [5, 5.41) is 7.02. The highest BCUT2D eigenvalue weighted by Gasteiger charge is 2.34. The summed E-state index contributed by atoms with van der Waals surface area (Å²) in [4.78, 5) is 10.1. The highest BCUT2D eigenvalue weighted by Crippen LogP contribution is 2.31. The maximum atomic E-state index is 5.48. The van der Waals surface area contributed by atoms with E-state index in [4.69, 9.17) is 9.73 Å². The number of nitrogens with zero attached hydrogens (tertiary/aromatic N) is 3. The summed E-state index contributed by atoms with van der Waals surface area (Å²) in [5.41, 5.74) is 2.70. The molecule has 0 bridgehead atoms. The van der Waals surface area contributed by atoms with E-state index in [-0.39, 0.29) is 0 Å². The Morgan fingerprint density at radius 3 is 2.62 bits per heavy atom. The molecule has 0 aromatic heterocycles. The second-order valence-corrected chi connectivity index (χ2v) is 8.61. The standard InChI is InChI=1S/C23H37N5O/c1-2-24-23(25-15-19-9-10-28(17-19)22-7-8-22)26-16-20-5-3-4-6-21(20)18-27-11-13-29-14-12-27/h3-6,19,22H,2,7-18H2,1H3,(H2,24,25,26). The third-order valence-corrected chi connectivity index (χ3v) is 6.31. The number of hydrogen-bond donors (Lipinski definition) is 2. The molecule has 3 aliphatic rings. The van der Waals surface area contributed by atoms with E-state index in [0.29, 0.717) is 6.54 Å². The van der Waals surface area contributed by atoms with E-state index in [1.807, 2.05) is 0 Å². The average Bonchev–Trinajstić information content (AvgIpc) is 3.50. The molecule has 1 saturated carbocycles. The minimum atomic E-state index is 0.717. The van der Waals surface area contributed by atoms with E-state index < -0.39 is 0 Å². The second kappa shape index (κ2) is 10.4. The Balaban J connectivity index is 1.31. The van der Waals surface area contributed by atoms with Crippen molar-refractivity contribution < 1.29 is 4.74 Å². The van der Waals surface area contributed by atoms with Crippen LogP contribution in [0.1, 0.15) is 37.3 Å². The molecule has 1 aliphatic carbocycles. The molecule has 2 saturated heterocycles. The van der Waals surface area contributed by atoms with Crippen LogP contribution >= 0.6 is 0 Å². The zero-order chi connectivity index (χ0) is 19.9. The predicted octanol–water partition coefficient (Wildman–Crippen LogP) is 2.06. The van der Waals surface area contributed by atoms with Gasteiger partial charge in [-0.1, -0.05) is 24.3 Å². The van der Waals surface area contributed by atoms with Crippen LogP contribution in [0, 0.1) is 5.92 Å². The summed E-state index contributed by atoms with van der Waals surface area (Å²) in [6.07, 6.45) is 4.13. The van der Waals surface area contributed by atoms with Crippen LogP contribution in [-0.4, -0.2) is 74.3 Å². The number of likely N-dealkylation sites (tertiary alicyclic amines) is 1. The van der Waals surface area contributed by atoms with E-state index in [0.717, 1.165) is 63.9 Å². The first kappa shape index (κ1) is 20.6. The minimum absolute atomic E-state index is 0.717. The van der Waals surface area contributed by atoms with Crippen molar-refractivity contribution >= 4 is 5.96 Å². The Labute approximate surface area is 175 Å². The fourth-order valence-corrected chi connectivity index (χ4v) is 4.41. The first-order valence-corrected chi connectivity index (χ1v) is 11.4. The smallest absolute Gasteiger partial charge is 0.191 e. The molecule has 160 valence electrons. The molecule has 1 unspecified atom stereocenters. The lowest BCUT2D eigenvalue weighted by Gasteiger charge is -2.27. The molecule has 29 heavy (non-hydrogen) atoms. The quantitative estimate of drug-likeness (QED) is 0.518. The van der Waals surface area contributed by atoms with Gasteiger partial charge in [0.25, 0.3) is 0 Å². The van der Waals surface area contributed by atoms with Gasteiger partial charge in [0, 0.05) is 45.3 Å². The van der Waals surface area contributed by atoms with E-state index >= 15 is 0 Å². The molecule has 2 heterocycles. The fraction of sp³-hybridized carbons (Fsp3) is 0.696. The average molecular weight is 400 g/mol. The SMILES string of the molecule is CCNC(=NCc1ccccc1CN1CCOCC1)NCC1CCN(C2CC2)C1. The van der Waals surface area contributed by atoms with Crippen LogP contribution in [0.4, 0.5) is 0 Å². The maximum Gasteiger partial charge on any atom is 0.191 e. The minimum Gasteiger partial charge on any atom is -0.379 e. The van der Waals surface area contributed by atoms with Gasteiger partial charge in [0.15, 0.2) is 5.96 Å². The molecule has 0 radical (unpaired) electrons. The van der Waals surface area contributed by atoms with Crippen LogP contribution in [-0.2, 0) is 17.8 Å². The van der Waals surface area contributed by atoms with Gasteiger partial charge in [-0.3, -0.25) is 4.90 Å². The molecule has 0 amide bonds. The Morgan fingerprint density at radius 1 is 1.07 bits per heavy atom. The van der Waals surface area contributed by atoms with Crippen molar-refractivity contribution in [2.24, 2.45) is 10.9 Å². The number of hydrogen-bond acceptors (Lipinski definition) is 4. The summed E-state index contributed by atoms with van der Waals surface area (Å²) in [6.45, 7) is 12.0. The van der Waals surface area contributed by atoms with Crippen molar-refractivity contribution in [1.29, 1.82) is 0 Å². The molecule has 6 nitrogen and oxygen atoms in total. The van der Waals surface area contributed by atoms with Crippen molar-refractivity contribution in [1.82, 2.24) is 20.4 Å². The molecule has 2 aliphatic heterocycles. The number of benzene rings is 1. The first-order chi connectivity index (χ1) is 14.3. The van der Waals surface area contributed by atoms with Gasteiger partial charge in [-0.2, -0.15) is 0 Å². The summed E-state index contributed by atoms with van der Waals surface area (Å²) in [5.74, 6) is 1.69. The lowest BCUT2D eigenvalue weighted by molar-refractivity contribution is 0.0341. The van der Waals surface area contributed by atoms with Gasteiger partial charge in [-0.05, 0) is 49.8 Å². The van der Waals surface area contributed by atoms with Gasteiger partial charge in [-0.25, -0.2) is 4.99 Å². The van der Waals surface area contributed by atoms with Gasteiger partial charge in [0.05, 0.1) is 19.8 Å². The molecule has 2 N–H and O–H groups in total.